The SMILES string of the molecule is O=C(NC(C(=O)O)C1CCCOC1)c1cc2ccccc2s1. The molecule has 0 saturated carbocycles. The van der Waals surface area contributed by atoms with E-state index in [9.17, 15) is 14.7 Å². The summed E-state index contributed by atoms with van der Waals surface area (Å²) in [6, 6.07) is 8.60. The first-order chi connectivity index (χ1) is 10.6. The first-order valence-electron chi connectivity index (χ1n) is 7.25. The van der Waals surface area contributed by atoms with Gasteiger partial charge in [-0.3, -0.25) is 4.79 Å². The minimum Gasteiger partial charge on any atom is -0.480 e. The summed E-state index contributed by atoms with van der Waals surface area (Å²) in [7, 11) is 0. The van der Waals surface area contributed by atoms with Crippen molar-refractivity contribution in [2.75, 3.05) is 13.2 Å². The molecule has 0 aliphatic carbocycles. The van der Waals surface area contributed by atoms with Gasteiger partial charge in [0.1, 0.15) is 6.04 Å². The van der Waals surface area contributed by atoms with E-state index < -0.39 is 12.0 Å². The summed E-state index contributed by atoms with van der Waals surface area (Å²) in [4.78, 5) is 24.4. The number of fused-ring (bicyclic) bond motifs is 1. The van der Waals surface area contributed by atoms with Crippen LogP contribution in [0.25, 0.3) is 10.1 Å². The quantitative estimate of drug-likeness (QED) is 0.908. The molecule has 22 heavy (non-hydrogen) atoms. The highest BCUT2D eigenvalue weighted by Gasteiger charge is 2.31. The maximum atomic E-state index is 12.4. The van der Waals surface area contributed by atoms with Gasteiger partial charge in [0.25, 0.3) is 5.91 Å². The van der Waals surface area contributed by atoms with Gasteiger partial charge in [-0.2, -0.15) is 0 Å². The van der Waals surface area contributed by atoms with E-state index in [2.05, 4.69) is 5.32 Å². The predicted molar refractivity (Wildman–Crippen MR) is 84.3 cm³/mol. The average molecular weight is 319 g/mol. The summed E-state index contributed by atoms with van der Waals surface area (Å²) in [5.41, 5.74) is 0. The molecule has 3 rings (SSSR count). The first-order valence-corrected chi connectivity index (χ1v) is 8.07. The third kappa shape index (κ3) is 3.13. The van der Waals surface area contributed by atoms with E-state index in [1.54, 1.807) is 6.07 Å². The number of carboxylic acid groups (broad SMARTS) is 1. The second-order valence-corrected chi connectivity index (χ2v) is 6.50. The van der Waals surface area contributed by atoms with Crippen LogP contribution in [0.4, 0.5) is 0 Å². The molecule has 1 amide bonds. The number of hydrogen-bond acceptors (Lipinski definition) is 4. The standard InChI is InChI=1S/C16H17NO4S/c18-15(13-8-10-4-1-2-6-12(10)22-13)17-14(16(19)20)11-5-3-7-21-9-11/h1-2,4,6,8,11,14H,3,5,7,9H2,(H,17,18)(H,19,20). The summed E-state index contributed by atoms with van der Waals surface area (Å²) in [5, 5.41) is 13.0. The van der Waals surface area contributed by atoms with E-state index in [4.69, 9.17) is 4.74 Å². The Hall–Kier alpha value is -1.92. The summed E-state index contributed by atoms with van der Waals surface area (Å²) in [6.07, 6.45) is 1.58. The Balaban J connectivity index is 1.76. The molecule has 1 aliphatic rings. The Morgan fingerprint density at radius 1 is 1.36 bits per heavy atom. The lowest BCUT2D eigenvalue weighted by Crippen LogP contribution is -2.48. The number of rotatable bonds is 4. The minimum absolute atomic E-state index is 0.176. The molecule has 0 bridgehead atoms. The van der Waals surface area contributed by atoms with Gasteiger partial charge in [0.2, 0.25) is 0 Å². The van der Waals surface area contributed by atoms with E-state index in [1.807, 2.05) is 24.3 Å². The topological polar surface area (TPSA) is 75.6 Å². The van der Waals surface area contributed by atoms with Gasteiger partial charge in [-0.05, 0) is 30.4 Å². The second kappa shape index (κ2) is 6.46. The van der Waals surface area contributed by atoms with Crippen molar-refractivity contribution in [2.45, 2.75) is 18.9 Å². The zero-order valence-corrected chi connectivity index (χ0v) is 12.8. The van der Waals surface area contributed by atoms with Gasteiger partial charge in [0.15, 0.2) is 0 Å². The molecule has 116 valence electrons. The average Bonchev–Trinajstić information content (AvgIpc) is 2.97. The molecule has 5 nitrogen and oxygen atoms in total. The fraction of sp³-hybridized carbons (Fsp3) is 0.375. The fourth-order valence-electron chi connectivity index (χ4n) is 2.72. The molecule has 1 aromatic heterocycles. The molecule has 1 fully saturated rings. The molecule has 2 N–H and O–H groups in total. The summed E-state index contributed by atoms with van der Waals surface area (Å²) in [5.74, 6) is -1.52. The Bertz CT molecular complexity index is 657. The van der Waals surface area contributed by atoms with Gasteiger partial charge >= 0.3 is 5.97 Å². The fourth-order valence-corrected chi connectivity index (χ4v) is 3.68. The Kier molecular flexibility index (Phi) is 4.40. The molecular formula is C16H17NO4S. The monoisotopic (exact) mass is 319 g/mol. The van der Waals surface area contributed by atoms with Crippen LogP contribution < -0.4 is 5.32 Å². The molecule has 2 atom stereocenters. The Labute approximate surface area is 131 Å². The van der Waals surface area contributed by atoms with Crippen molar-refractivity contribution in [3.05, 3.63) is 35.2 Å². The smallest absolute Gasteiger partial charge is 0.326 e. The van der Waals surface area contributed by atoms with E-state index in [0.29, 0.717) is 18.1 Å². The van der Waals surface area contributed by atoms with Crippen LogP contribution in [0.5, 0.6) is 0 Å². The largest absolute Gasteiger partial charge is 0.480 e. The molecule has 1 aliphatic heterocycles. The summed E-state index contributed by atoms with van der Waals surface area (Å²) in [6.45, 7) is 1.04. The van der Waals surface area contributed by atoms with Crippen LogP contribution >= 0.6 is 11.3 Å². The Morgan fingerprint density at radius 2 is 2.18 bits per heavy atom. The van der Waals surface area contributed by atoms with Crippen LogP contribution in [0, 0.1) is 5.92 Å². The predicted octanol–water partition coefficient (Wildman–Crippen LogP) is 2.51. The van der Waals surface area contributed by atoms with Crippen LogP contribution in [0.2, 0.25) is 0 Å². The van der Waals surface area contributed by atoms with E-state index in [0.717, 1.165) is 22.9 Å². The number of aliphatic carboxylic acids is 1. The number of hydrogen-bond donors (Lipinski definition) is 2. The maximum Gasteiger partial charge on any atom is 0.326 e. The molecule has 2 heterocycles. The highest BCUT2D eigenvalue weighted by atomic mass is 32.1. The van der Waals surface area contributed by atoms with Crippen molar-refractivity contribution in [3.8, 4) is 0 Å². The van der Waals surface area contributed by atoms with Gasteiger partial charge < -0.3 is 15.2 Å². The highest BCUT2D eigenvalue weighted by Crippen LogP contribution is 2.26. The number of carbonyl (C=O) groups excluding carboxylic acids is 1. The molecule has 6 heteroatoms. The van der Waals surface area contributed by atoms with Crippen molar-refractivity contribution < 1.29 is 19.4 Å². The highest BCUT2D eigenvalue weighted by molar-refractivity contribution is 7.20. The maximum absolute atomic E-state index is 12.4. The lowest BCUT2D eigenvalue weighted by atomic mass is 9.93. The number of benzene rings is 1. The molecule has 2 unspecified atom stereocenters. The normalized spacial score (nSPS) is 19.7. The van der Waals surface area contributed by atoms with Crippen LogP contribution in [-0.4, -0.2) is 36.2 Å². The third-order valence-electron chi connectivity index (χ3n) is 3.87. The van der Waals surface area contributed by atoms with Gasteiger partial charge in [0.05, 0.1) is 11.5 Å². The number of amides is 1. The Morgan fingerprint density at radius 3 is 2.86 bits per heavy atom. The lowest BCUT2D eigenvalue weighted by Gasteiger charge is -2.27. The number of thiophene rings is 1. The van der Waals surface area contributed by atoms with Crippen LogP contribution in [0.15, 0.2) is 30.3 Å². The zero-order valence-electron chi connectivity index (χ0n) is 12.0. The van der Waals surface area contributed by atoms with Crippen molar-refractivity contribution in [1.82, 2.24) is 5.32 Å². The zero-order chi connectivity index (χ0) is 15.5. The molecule has 2 aromatic rings. The molecule has 1 aromatic carbocycles. The van der Waals surface area contributed by atoms with E-state index in [-0.39, 0.29) is 11.8 Å². The molecular weight excluding hydrogens is 302 g/mol. The first kappa shape index (κ1) is 15.0. The summed E-state index contributed by atoms with van der Waals surface area (Å²) < 4.78 is 6.35. The second-order valence-electron chi connectivity index (χ2n) is 5.42. The third-order valence-corrected chi connectivity index (χ3v) is 4.98. The summed E-state index contributed by atoms with van der Waals surface area (Å²) >= 11 is 1.37. The number of ether oxygens (including phenoxy) is 1. The van der Waals surface area contributed by atoms with Crippen molar-refractivity contribution in [2.24, 2.45) is 5.92 Å². The number of carboxylic acids is 1. The van der Waals surface area contributed by atoms with Gasteiger partial charge in [-0.1, -0.05) is 18.2 Å². The molecule has 1 saturated heterocycles. The number of carbonyl (C=O) groups is 2. The van der Waals surface area contributed by atoms with Crippen LogP contribution in [0.3, 0.4) is 0 Å². The lowest BCUT2D eigenvalue weighted by molar-refractivity contribution is -0.142. The van der Waals surface area contributed by atoms with Gasteiger partial charge in [0, 0.05) is 17.2 Å². The van der Waals surface area contributed by atoms with E-state index >= 15 is 0 Å². The van der Waals surface area contributed by atoms with E-state index in [1.165, 1.54) is 11.3 Å². The van der Waals surface area contributed by atoms with Crippen molar-refractivity contribution in [3.63, 3.8) is 0 Å². The number of nitrogens with one attached hydrogen (secondary N) is 1. The van der Waals surface area contributed by atoms with Crippen LogP contribution in [0.1, 0.15) is 22.5 Å². The van der Waals surface area contributed by atoms with Crippen LogP contribution in [-0.2, 0) is 9.53 Å². The minimum atomic E-state index is -1.01. The van der Waals surface area contributed by atoms with Gasteiger partial charge in [-0.25, -0.2) is 4.79 Å². The molecule has 0 spiro atoms. The molecule has 0 radical (unpaired) electrons. The van der Waals surface area contributed by atoms with Crippen molar-refractivity contribution >= 4 is 33.3 Å². The van der Waals surface area contributed by atoms with Gasteiger partial charge in [-0.15, -0.1) is 11.3 Å². The van der Waals surface area contributed by atoms with Crippen molar-refractivity contribution in [1.29, 1.82) is 0 Å².